The summed E-state index contributed by atoms with van der Waals surface area (Å²) in [7, 11) is 0. The second-order valence-electron chi connectivity index (χ2n) is 4.37. The van der Waals surface area contributed by atoms with E-state index >= 15 is 0 Å². The fourth-order valence-electron chi connectivity index (χ4n) is 1.77. The minimum atomic E-state index is -0.684. The standard InChI is InChI=1S/C15H15FN2OS/c1-10-5-2-3-6-11(10)9-17-15(20)18-13-8-4-7-12(16)14(13)19/h2-8,19H,9H2,1H3,(H2,17,18,20). The second-order valence-corrected chi connectivity index (χ2v) is 4.78. The molecule has 0 radical (unpaired) electrons. The van der Waals surface area contributed by atoms with Crippen molar-refractivity contribution in [3.05, 3.63) is 59.4 Å². The number of aryl methyl sites for hydroxylation is 1. The van der Waals surface area contributed by atoms with Crippen molar-refractivity contribution in [1.82, 2.24) is 5.32 Å². The van der Waals surface area contributed by atoms with Crippen molar-refractivity contribution < 1.29 is 9.50 Å². The summed E-state index contributed by atoms with van der Waals surface area (Å²) in [5.74, 6) is -1.12. The summed E-state index contributed by atoms with van der Waals surface area (Å²) in [6.45, 7) is 2.58. The predicted octanol–water partition coefficient (Wildman–Crippen LogP) is 3.33. The molecule has 3 nitrogen and oxygen atoms in total. The molecule has 0 aliphatic heterocycles. The lowest BCUT2D eigenvalue weighted by Gasteiger charge is -2.13. The number of para-hydroxylation sites is 1. The minimum absolute atomic E-state index is 0.243. The number of nitrogens with one attached hydrogen (secondary N) is 2. The number of halogens is 1. The number of rotatable bonds is 3. The summed E-state index contributed by atoms with van der Waals surface area (Å²) < 4.78 is 13.2. The lowest BCUT2D eigenvalue weighted by Crippen LogP contribution is -2.28. The Morgan fingerprint density at radius 2 is 1.95 bits per heavy atom. The van der Waals surface area contributed by atoms with Gasteiger partial charge in [0.2, 0.25) is 0 Å². The van der Waals surface area contributed by atoms with Gasteiger partial charge >= 0.3 is 0 Å². The highest BCUT2D eigenvalue weighted by Gasteiger charge is 2.07. The highest BCUT2D eigenvalue weighted by atomic mass is 32.1. The van der Waals surface area contributed by atoms with Crippen LogP contribution in [0.5, 0.6) is 5.75 Å². The molecule has 0 aromatic heterocycles. The Kier molecular flexibility index (Phi) is 4.53. The van der Waals surface area contributed by atoms with Crippen LogP contribution in [0.25, 0.3) is 0 Å². The maximum absolute atomic E-state index is 13.2. The highest BCUT2D eigenvalue weighted by molar-refractivity contribution is 7.80. The molecular weight excluding hydrogens is 275 g/mol. The summed E-state index contributed by atoms with van der Waals surface area (Å²) in [6, 6.07) is 12.2. The van der Waals surface area contributed by atoms with Crippen molar-refractivity contribution in [2.24, 2.45) is 0 Å². The van der Waals surface area contributed by atoms with Crippen LogP contribution >= 0.6 is 12.2 Å². The van der Waals surface area contributed by atoms with E-state index in [9.17, 15) is 9.50 Å². The highest BCUT2D eigenvalue weighted by Crippen LogP contribution is 2.25. The topological polar surface area (TPSA) is 44.3 Å². The summed E-state index contributed by atoms with van der Waals surface area (Å²) in [5, 5.41) is 15.7. The summed E-state index contributed by atoms with van der Waals surface area (Å²) in [4.78, 5) is 0. The van der Waals surface area contributed by atoms with Gasteiger partial charge in [0, 0.05) is 6.54 Å². The molecular formula is C15H15FN2OS. The van der Waals surface area contributed by atoms with E-state index in [1.807, 2.05) is 31.2 Å². The first-order chi connectivity index (χ1) is 9.58. The molecule has 0 saturated carbocycles. The quantitative estimate of drug-likeness (QED) is 0.599. The van der Waals surface area contributed by atoms with E-state index in [1.54, 1.807) is 6.07 Å². The Morgan fingerprint density at radius 1 is 1.20 bits per heavy atom. The molecule has 2 aromatic carbocycles. The molecule has 0 unspecified atom stereocenters. The van der Waals surface area contributed by atoms with Crippen LogP contribution in [0.1, 0.15) is 11.1 Å². The van der Waals surface area contributed by atoms with Crippen LogP contribution in [0.4, 0.5) is 10.1 Å². The first kappa shape index (κ1) is 14.3. The molecule has 3 N–H and O–H groups in total. The summed E-state index contributed by atoms with van der Waals surface area (Å²) in [5.41, 5.74) is 2.53. The van der Waals surface area contributed by atoms with Gasteiger partial charge in [-0.1, -0.05) is 30.3 Å². The van der Waals surface area contributed by atoms with Crippen molar-refractivity contribution in [2.75, 3.05) is 5.32 Å². The molecule has 0 atom stereocenters. The van der Waals surface area contributed by atoms with E-state index in [0.717, 1.165) is 11.1 Å². The largest absolute Gasteiger partial charge is 0.503 e. The van der Waals surface area contributed by atoms with Gasteiger partial charge in [-0.05, 0) is 42.4 Å². The fourth-order valence-corrected chi connectivity index (χ4v) is 1.95. The average molecular weight is 290 g/mol. The number of anilines is 1. The van der Waals surface area contributed by atoms with Gasteiger partial charge in [-0.2, -0.15) is 0 Å². The molecule has 0 aliphatic carbocycles. The zero-order valence-corrected chi connectivity index (χ0v) is 11.8. The molecule has 5 heteroatoms. The maximum Gasteiger partial charge on any atom is 0.175 e. The third-order valence-electron chi connectivity index (χ3n) is 2.94. The van der Waals surface area contributed by atoms with E-state index in [4.69, 9.17) is 12.2 Å². The third kappa shape index (κ3) is 3.45. The van der Waals surface area contributed by atoms with Gasteiger partial charge in [-0.3, -0.25) is 0 Å². The average Bonchev–Trinajstić information content (AvgIpc) is 2.43. The first-order valence-corrected chi connectivity index (χ1v) is 6.55. The van der Waals surface area contributed by atoms with Crippen LogP contribution < -0.4 is 10.6 Å². The molecule has 20 heavy (non-hydrogen) atoms. The Labute approximate surface area is 122 Å². The SMILES string of the molecule is Cc1ccccc1CNC(=S)Nc1cccc(F)c1O. The Morgan fingerprint density at radius 3 is 2.70 bits per heavy atom. The molecule has 0 saturated heterocycles. The van der Waals surface area contributed by atoms with Gasteiger partial charge in [0.25, 0.3) is 0 Å². The smallest absolute Gasteiger partial charge is 0.175 e. The Bertz CT molecular complexity index is 631. The van der Waals surface area contributed by atoms with Gasteiger partial charge < -0.3 is 15.7 Å². The zero-order valence-electron chi connectivity index (χ0n) is 11.0. The van der Waals surface area contributed by atoms with Gasteiger partial charge in [-0.25, -0.2) is 4.39 Å². The first-order valence-electron chi connectivity index (χ1n) is 6.15. The van der Waals surface area contributed by atoms with E-state index in [-0.39, 0.29) is 5.69 Å². The van der Waals surface area contributed by atoms with Crippen LogP contribution in [-0.2, 0) is 6.54 Å². The van der Waals surface area contributed by atoms with Crippen molar-refractivity contribution in [1.29, 1.82) is 0 Å². The van der Waals surface area contributed by atoms with Crippen LogP contribution in [0.3, 0.4) is 0 Å². The van der Waals surface area contributed by atoms with Crippen LogP contribution in [0, 0.1) is 12.7 Å². The van der Waals surface area contributed by atoms with Crippen LogP contribution in [-0.4, -0.2) is 10.2 Å². The number of aromatic hydroxyl groups is 1. The van der Waals surface area contributed by atoms with Crippen molar-refractivity contribution in [2.45, 2.75) is 13.5 Å². The predicted molar refractivity (Wildman–Crippen MR) is 82.3 cm³/mol. The van der Waals surface area contributed by atoms with Gasteiger partial charge in [-0.15, -0.1) is 0 Å². The van der Waals surface area contributed by atoms with E-state index in [0.29, 0.717) is 11.7 Å². The molecule has 0 bridgehead atoms. The molecule has 2 rings (SSSR count). The fraction of sp³-hybridized carbons (Fsp3) is 0.133. The molecule has 0 heterocycles. The number of hydrogen-bond acceptors (Lipinski definition) is 2. The van der Waals surface area contributed by atoms with Gasteiger partial charge in [0.15, 0.2) is 16.7 Å². The maximum atomic E-state index is 13.2. The van der Waals surface area contributed by atoms with Crippen molar-refractivity contribution in [3.63, 3.8) is 0 Å². The Balaban J connectivity index is 1.96. The number of hydrogen-bond donors (Lipinski definition) is 3. The molecule has 0 amide bonds. The molecule has 0 aliphatic rings. The lowest BCUT2D eigenvalue weighted by atomic mass is 10.1. The number of phenols is 1. The Hall–Kier alpha value is -2.14. The van der Waals surface area contributed by atoms with Gasteiger partial charge in [0.05, 0.1) is 5.69 Å². The van der Waals surface area contributed by atoms with Crippen LogP contribution in [0.15, 0.2) is 42.5 Å². The van der Waals surface area contributed by atoms with Crippen molar-refractivity contribution in [3.8, 4) is 5.75 Å². The third-order valence-corrected chi connectivity index (χ3v) is 3.18. The summed E-state index contributed by atoms with van der Waals surface area (Å²) >= 11 is 5.13. The van der Waals surface area contributed by atoms with Gasteiger partial charge in [0.1, 0.15) is 0 Å². The molecule has 2 aromatic rings. The monoisotopic (exact) mass is 290 g/mol. The van der Waals surface area contributed by atoms with E-state index in [1.165, 1.54) is 12.1 Å². The number of benzene rings is 2. The lowest BCUT2D eigenvalue weighted by molar-refractivity contribution is 0.435. The zero-order chi connectivity index (χ0) is 14.5. The molecule has 0 spiro atoms. The van der Waals surface area contributed by atoms with Crippen molar-refractivity contribution >= 4 is 23.0 Å². The molecule has 104 valence electrons. The van der Waals surface area contributed by atoms with E-state index in [2.05, 4.69) is 10.6 Å². The van der Waals surface area contributed by atoms with E-state index < -0.39 is 11.6 Å². The molecule has 0 fully saturated rings. The van der Waals surface area contributed by atoms with Crippen LogP contribution in [0.2, 0.25) is 0 Å². The second kappa shape index (κ2) is 6.34. The number of thiocarbonyl (C=S) groups is 1. The normalized spacial score (nSPS) is 10.1. The minimum Gasteiger partial charge on any atom is -0.503 e. The summed E-state index contributed by atoms with van der Waals surface area (Å²) in [6.07, 6.45) is 0. The number of phenolic OH excluding ortho intramolecular Hbond substituents is 1.